The van der Waals surface area contributed by atoms with Gasteiger partial charge in [0.2, 0.25) is 0 Å². The van der Waals surface area contributed by atoms with Gasteiger partial charge in [-0.25, -0.2) is 0 Å². The topological polar surface area (TPSA) is 20.3 Å². The number of allylic oxidation sites excluding steroid dienone is 2. The Morgan fingerprint density at radius 1 is 1.36 bits per heavy atom. The maximum absolute atomic E-state index is 10.7. The second-order valence-corrected chi connectivity index (χ2v) is 11.6. The van der Waals surface area contributed by atoms with E-state index in [0.717, 1.165) is 5.70 Å². The molecule has 0 aliphatic carbocycles. The molecule has 0 unspecified atom stereocenters. The summed E-state index contributed by atoms with van der Waals surface area (Å²) in [6.07, 6.45) is 1.71. The average molecular weight is 257 g/mol. The molecule has 2 nitrogen and oxygen atoms in total. The van der Waals surface area contributed by atoms with Gasteiger partial charge in [-0.05, 0) is 0 Å². The second kappa shape index (κ2) is 4.86. The summed E-state index contributed by atoms with van der Waals surface area (Å²) in [6.45, 7) is 3.59. The van der Waals surface area contributed by atoms with E-state index in [1.165, 1.54) is 0 Å². The van der Waals surface area contributed by atoms with Crippen molar-refractivity contribution in [3.8, 4) is 0 Å². The Morgan fingerprint density at radius 2 is 1.82 bits per heavy atom. The second-order valence-electron chi connectivity index (χ2n) is 3.10. The van der Waals surface area contributed by atoms with Gasteiger partial charge in [0.25, 0.3) is 0 Å². The number of rotatable bonds is 3. The number of ketones is 1. The summed E-state index contributed by atoms with van der Waals surface area (Å²) < 4.78 is 6.89. The number of carbonyl (C=O) groups is 1. The van der Waals surface area contributed by atoms with Crippen LogP contribution in [0.4, 0.5) is 0 Å². The van der Waals surface area contributed by atoms with Crippen LogP contribution in [-0.4, -0.2) is 37.4 Å². The van der Waals surface area contributed by atoms with Gasteiger partial charge in [0.1, 0.15) is 0 Å². The first-order valence-corrected chi connectivity index (χ1v) is 11.9. The number of hydrogen-bond donors (Lipinski definition) is 0. The van der Waals surface area contributed by atoms with Gasteiger partial charge < -0.3 is 0 Å². The fourth-order valence-corrected chi connectivity index (χ4v) is 3.34. The van der Waals surface area contributed by atoms with Crippen molar-refractivity contribution in [2.24, 2.45) is 0 Å². The van der Waals surface area contributed by atoms with Gasteiger partial charge >= 0.3 is 77.2 Å². The average Bonchev–Trinajstić information content (AvgIpc) is 1.84. The molecule has 0 aromatic rings. The normalized spacial score (nSPS) is 11.2. The molecule has 0 bridgehead atoms. The van der Waals surface area contributed by atoms with Gasteiger partial charge in [0.05, 0.1) is 0 Å². The summed E-state index contributed by atoms with van der Waals surface area (Å²) in [5.41, 5.74) is 1.11. The third kappa shape index (κ3) is 4.51. The van der Waals surface area contributed by atoms with Crippen LogP contribution in [-0.2, 0) is 4.79 Å². The molecule has 0 saturated heterocycles. The molecule has 0 aromatic carbocycles. The van der Waals surface area contributed by atoms with E-state index in [0.29, 0.717) is 0 Å². The molecular formula is C8H16InNO. The summed E-state index contributed by atoms with van der Waals surface area (Å²) in [5.74, 6) is 0.140. The van der Waals surface area contributed by atoms with Crippen LogP contribution < -0.4 is 0 Å². The van der Waals surface area contributed by atoms with E-state index in [4.69, 9.17) is 0 Å². The minimum absolute atomic E-state index is 0.140. The fourth-order valence-electron chi connectivity index (χ4n) is 0.803. The quantitative estimate of drug-likeness (QED) is 0.716. The molecule has 0 atom stereocenters. The van der Waals surface area contributed by atoms with Crippen molar-refractivity contribution in [1.29, 1.82) is 0 Å². The Hall–Kier alpha value is 0.0801. The SMILES string of the molecule is CC(=O)/C=C(/C)[N](C)[In]([CH3])[CH3]. The summed E-state index contributed by atoms with van der Waals surface area (Å²) in [5, 5.41) is 0. The molecule has 0 N–H and O–H groups in total. The zero-order chi connectivity index (χ0) is 9.02. The van der Waals surface area contributed by atoms with E-state index >= 15 is 0 Å². The maximum atomic E-state index is 10.7. The Labute approximate surface area is 77.2 Å². The van der Waals surface area contributed by atoms with Gasteiger partial charge in [0, 0.05) is 0 Å². The third-order valence-electron chi connectivity index (χ3n) is 1.74. The van der Waals surface area contributed by atoms with Crippen LogP contribution in [0.2, 0.25) is 9.36 Å². The standard InChI is InChI=1S/C6H11NO.2CH3.In/c1-5(7-3)4-6(2)8;;;/h4H,1-3H3,(H,7,8);2*1H3;/q;;;+1/p-1. The van der Waals surface area contributed by atoms with Gasteiger partial charge in [0.15, 0.2) is 0 Å². The molecule has 0 saturated carbocycles. The molecular weight excluding hydrogens is 241 g/mol. The van der Waals surface area contributed by atoms with Crippen LogP contribution >= 0.6 is 0 Å². The van der Waals surface area contributed by atoms with Crippen LogP contribution in [0.25, 0.3) is 0 Å². The molecule has 0 radical (unpaired) electrons. The zero-order valence-electron chi connectivity index (χ0n) is 8.01. The van der Waals surface area contributed by atoms with E-state index in [1.54, 1.807) is 13.0 Å². The zero-order valence-corrected chi connectivity index (χ0v) is 11.3. The molecule has 0 aliphatic rings. The molecule has 0 spiro atoms. The monoisotopic (exact) mass is 257 g/mol. The third-order valence-corrected chi connectivity index (χ3v) is 7.33. The van der Waals surface area contributed by atoms with Gasteiger partial charge in [-0.2, -0.15) is 0 Å². The summed E-state index contributed by atoms with van der Waals surface area (Å²) in [7, 11) is 2.08. The number of carbonyl (C=O) groups excluding carboxylic acids is 1. The Morgan fingerprint density at radius 3 is 2.09 bits per heavy atom. The molecule has 0 aromatic heterocycles. The number of nitrogens with zero attached hydrogens (tertiary/aromatic N) is 1. The molecule has 0 fully saturated rings. The Bertz CT molecular complexity index is 175. The van der Waals surface area contributed by atoms with E-state index in [2.05, 4.69) is 19.3 Å². The molecule has 0 amide bonds. The van der Waals surface area contributed by atoms with Crippen molar-refractivity contribution in [1.82, 2.24) is 2.89 Å². The predicted molar refractivity (Wildman–Crippen MR) is 49.7 cm³/mol. The van der Waals surface area contributed by atoms with Crippen molar-refractivity contribution < 1.29 is 4.79 Å². The number of hydrogen-bond acceptors (Lipinski definition) is 2. The van der Waals surface area contributed by atoms with Crippen LogP contribution in [0.15, 0.2) is 11.8 Å². The Balaban J connectivity index is 4.23. The van der Waals surface area contributed by atoms with Gasteiger partial charge in [-0.15, -0.1) is 0 Å². The summed E-state index contributed by atoms with van der Waals surface area (Å²) >= 11 is -1.39. The first-order valence-electron chi connectivity index (χ1n) is 3.87. The Kier molecular flexibility index (Phi) is 4.89. The predicted octanol–water partition coefficient (Wildman–Crippen LogP) is 1.66. The minimum atomic E-state index is -1.39. The first kappa shape index (κ1) is 11.1. The van der Waals surface area contributed by atoms with E-state index in [-0.39, 0.29) is 5.78 Å². The molecule has 3 heteroatoms. The van der Waals surface area contributed by atoms with Crippen LogP contribution in [0, 0.1) is 0 Å². The molecule has 11 heavy (non-hydrogen) atoms. The van der Waals surface area contributed by atoms with E-state index < -0.39 is 21.7 Å². The van der Waals surface area contributed by atoms with Crippen molar-refractivity contribution in [2.75, 3.05) is 7.05 Å². The van der Waals surface area contributed by atoms with Crippen LogP contribution in [0.1, 0.15) is 13.8 Å². The first-order chi connectivity index (χ1) is 4.95. The summed E-state index contributed by atoms with van der Waals surface area (Å²) in [6, 6.07) is 0. The van der Waals surface area contributed by atoms with Crippen LogP contribution in [0.3, 0.4) is 0 Å². The van der Waals surface area contributed by atoms with Crippen molar-refractivity contribution in [3.63, 3.8) is 0 Å². The van der Waals surface area contributed by atoms with Crippen molar-refractivity contribution in [3.05, 3.63) is 11.8 Å². The molecule has 0 heterocycles. The van der Waals surface area contributed by atoms with Gasteiger partial charge in [-0.3, -0.25) is 0 Å². The van der Waals surface area contributed by atoms with E-state index in [9.17, 15) is 4.79 Å². The molecule has 0 rings (SSSR count). The molecule has 62 valence electrons. The van der Waals surface area contributed by atoms with Crippen molar-refractivity contribution in [2.45, 2.75) is 23.2 Å². The van der Waals surface area contributed by atoms with E-state index in [1.807, 2.05) is 6.92 Å². The molecule has 0 aliphatic heterocycles. The van der Waals surface area contributed by atoms with Crippen molar-refractivity contribution >= 4 is 27.5 Å². The van der Waals surface area contributed by atoms with Crippen LogP contribution in [0.5, 0.6) is 0 Å². The van der Waals surface area contributed by atoms with Gasteiger partial charge in [-0.1, -0.05) is 0 Å². The fraction of sp³-hybridized carbons (Fsp3) is 0.625. The summed E-state index contributed by atoms with van der Waals surface area (Å²) in [4.78, 5) is 10.7.